The van der Waals surface area contributed by atoms with Crippen LogP contribution in [0, 0.1) is 11.3 Å². The van der Waals surface area contributed by atoms with Gasteiger partial charge in [0.05, 0.1) is 0 Å². The van der Waals surface area contributed by atoms with Gasteiger partial charge in [0.1, 0.15) is 12.1 Å². The monoisotopic (exact) mass is 452 g/mol. The van der Waals surface area contributed by atoms with E-state index in [1.54, 1.807) is 4.90 Å². The van der Waals surface area contributed by atoms with Crippen LogP contribution in [0.3, 0.4) is 0 Å². The molecule has 2 aliphatic heterocycles. The van der Waals surface area contributed by atoms with E-state index < -0.39 is 11.6 Å². The largest absolute Gasteiger partial charge is 0.339 e. The van der Waals surface area contributed by atoms with Crippen LogP contribution in [0.25, 0.3) is 6.08 Å². The first kappa shape index (κ1) is 23.5. The number of urea groups is 1. The smallest absolute Gasteiger partial charge is 0.325 e. The molecular weight excluding hydrogens is 416 g/mol. The van der Waals surface area contributed by atoms with E-state index in [9.17, 15) is 14.4 Å². The second-order valence-electron chi connectivity index (χ2n) is 10.8. The van der Waals surface area contributed by atoms with E-state index in [2.05, 4.69) is 55.3 Å². The highest BCUT2D eigenvalue weighted by molar-refractivity contribution is 6.09. The summed E-state index contributed by atoms with van der Waals surface area (Å²) in [6.45, 7) is 9.85. The van der Waals surface area contributed by atoms with Crippen LogP contribution in [0.1, 0.15) is 45.6 Å². The lowest BCUT2D eigenvalue weighted by molar-refractivity contribution is -0.141. The molecule has 7 nitrogen and oxygen atoms in total. The molecule has 7 heteroatoms. The van der Waals surface area contributed by atoms with Gasteiger partial charge in [-0.05, 0) is 36.2 Å². The number of carbonyl (C=O) groups is 3. The van der Waals surface area contributed by atoms with Crippen molar-refractivity contribution in [2.75, 3.05) is 39.3 Å². The normalized spacial score (nSPS) is 28.0. The molecular formula is C26H36N4O3. The van der Waals surface area contributed by atoms with Gasteiger partial charge in [-0.1, -0.05) is 63.3 Å². The lowest BCUT2D eigenvalue weighted by atomic mass is 9.64. The second-order valence-corrected chi connectivity index (χ2v) is 10.8. The maximum absolute atomic E-state index is 13.3. The summed E-state index contributed by atoms with van der Waals surface area (Å²) in [5.41, 5.74) is 0.294. The number of rotatable bonds is 5. The van der Waals surface area contributed by atoms with Gasteiger partial charge in [0, 0.05) is 32.7 Å². The van der Waals surface area contributed by atoms with E-state index >= 15 is 0 Å². The molecule has 2 saturated heterocycles. The number of amides is 4. The minimum atomic E-state index is -0.859. The van der Waals surface area contributed by atoms with Gasteiger partial charge >= 0.3 is 6.03 Å². The lowest BCUT2D eigenvalue weighted by Crippen LogP contribution is -2.55. The third-order valence-electron chi connectivity index (χ3n) is 7.12. The number of imide groups is 1. The standard InChI is InChI=1S/C26H36N4O3/c1-20-16-25(2,3)19-26(17-20)23(32)30(24(33)27-26)18-22(31)29-14-12-28(13-15-29)11-7-10-21-8-5-4-6-9-21/h4-10,20H,11-19H2,1-3H3,(H,27,33). The summed E-state index contributed by atoms with van der Waals surface area (Å²) in [6.07, 6.45) is 6.54. The number of nitrogens with zero attached hydrogens (tertiary/aromatic N) is 3. The zero-order valence-electron chi connectivity index (χ0n) is 20.0. The number of carbonyl (C=O) groups excluding carboxylic acids is 3. The van der Waals surface area contributed by atoms with Crippen molar-refractivity contribution in [2.45, 2.75) is 45.6 Å². The van der Waals surface area contributed by atoms with Crippen LogP contribution in [0.5, 0.6) is 0 Å². The van der Waals surface area contributed by atoms with Crippen LogP contribution < -0.4 is 5.32 Å². The number of hydrogen-bond donors (Lipinski definition) is 1. The Labute approximate surface area is 196 Å². The lowest BCUT2D eigenvalue weighted by Gasteiger charge is -2.43. The van der Waals surface area contributed by atoms with E-state index in [1.807, 2.05) is 18.2 Å². The zero-order valence-corrected chi connectivity index (χ0v) is 20.0. The Balaban J connectivity index is 1.29. The summed E-state index contributed by atoms with van der Waals surface area (Å²) in [7, 11) is 0. The Kier molecular flexibility index (Phi) is 6.61. The summed E-state index contributed by atoms with van der Waals surface area (Å²) in [5, 5.41) is 2.96. The second kappa shape index (κ2) is 9.29. The highest BCUT2D eigenvalue weighted by atomic mass is 16.2. The van der Waals surface area contributed by atoms with Crippen molar-refractivity contribution < 1.29 is 14.4 Å². The Morgan fingerprint density at radius 2 is 1.79 bits per heavy atom. The van der Waals surface area contributed by atoms with Crippen LogP contribution in [-0.4, -0.2) is 77.4 Å². The first-order chi connectivity index (χ1) is 15.7. The summed E-state index contributed by atoms with van der Waals surface area (Å²) < 4.78 is 0. The summed E-state index contributed by atoms with van der Waals surface area (Å²) >= 11 is 0. The molecule has 1 aliphatic carbocycles. The minimum absolute atomic E-state index is 0.0219. The highest BCUT2D eigenvalue weighted by Crippen LogP contribution is 2.46. The van der Waals surface area contributed by atoms with E-state index in [1.165, 1.54) is 5.56 Å². The fourth-order valence-electron chi connectivity index (χ4n) is 5.97. The fourth-order valence-corrected chi connectivity index (χ4v) is 5.97. The van der Waals surface area contributed by atoms with Crippen molar-refractivity contribution in [3.05, 3.63) is 42.0 Å². The predicted octanol–water partition coefficient (Wildman–Crippen LogP) is 2.98. The summed E-state index contributed by atoms with van der Waals surface area (Å²) in [4.78, 5) is 44.1. The average molecular weight is 453 g/mol. The van der Waals surface area contributed by atoms with Gasteiger partial charge in [-0.15, -0.1) is 0 Å². The molecule has 1 N–H and O–H groups in total. The molecule has 0 bridgehead atoms. The average Bonchev–Trinajstić information content (AvgIpc) is 2.96. The van der Waals surface area contributed by atoms with Crippen LogP contribution >= 0.6 is 0 Å². The van der Waals surface area contributed by atoms with Crippen molar-refractivity contribution in [3.8, 4) is 0 Å². The predicted molar refractivity (Wildman–Crippen MR) is 128 cm³/mol. The molecule has 1 aromatic rings. The van der Waals surface area contributed by atoms with Gasteiger partial charge in [-0.3, -0.25) is 19.4 Å². The molecule has 4 amide bonds. The SMILES string of the molecule is CC1CC(C)(C)CC2(C1)NC(=O)N(CC(=O)N1CCN(CC=Cc3ccccc3)CC1)C2=O. The summed E-state index contributed by atoms with van der Waals surface area (Å²) in [6, 6.07) is 9.76. The molecule has 33 heavy (non-hydrogen) atoms. The Bertz CT molecular complexity index is 921. The molecule has 2 atom stereocenters. The molecule has 1 aromatic carbocycles. The molecule has 178 valence electrons. The molecule has 4 rings (SSSR count). The van der Waals surface area contributed by atoms with Gasteiger partial charge in [0.25, 0.3) is 5.91 Å². The van der Waals surface area contributed by atoms with Crippen LogP contribution in [0.4, 0.5) is 4.79 Å². The van der Waals surface area contributed by atoms with Crippen LogP contribution in [0.2, 0.25) is 0 Å². The third kappa shape index (κ3) is 5.29. The van der Waals surface area contributed by atoms with E-state index in [0.29, 0.717) is 31.8 Å². The van der Waals surface area contributed by atoms with E-state index in [-0.39, 0.29) is 23.8 Å². The van der Waals surface area contributed by atoms with Crippen LogP contribution in [0.15, 0.2) is 36.4 Å². The van der Waals surface area contributed by atoms with Gasteiger partial charge in [-0.2, -0.15) is 0 Å². The highest BCUT2D eigenvalue weighted by Gasteiger charge is 2.56. The molecule has 0 aromatic heterocycles. The molecule has 2 unspecified atom stereocenters. The number of piperazine rings is 1. The number of nitrogens with one attached hydrogen (secondary N) is 1. The molecule has 0 radical (unpaired) electrons. The van der Waals surface area contributed by atoms with Gasteiger partial charge in [0.15, 0.2) is 0 Å². The van der Waals surface area contributed by atoms with E-state index in [0.717, 1.165) is 31.0 Å². The van der Waals surface area contributed by atoms with Crippen molar-refractivity contribution >= 4 is 23.9 Å². The number of benzene rings is 1. The fraction of sp³-hybridized carbons (Fsp3) is 0.577. The Morgan fingerprint density at radius 3 is 2.45 bits per heavy atom. The Hall–Kier alpha value is -2.67. The summed E-state index contributed by atoms with van der Waals surface area (Å²) in [5.74, 6) is -0.0408. The molecule has 3 aliphatic rings. The Morgan fingerprint density at radius 1 is 1.09 bits per heavy atom. The first-order valence-electron chi connectivity index (χ1n) is 12.0. The quantitative estimate of drug-likeness (QED) is 0.697. The third-order valence-corrected chi connectivity index (χ3v) is 7.12. The van der Waals surface area contributed by atoms with Gasteiger partial charge < -0.3 is 10.2 Å². The minimum Gasteiger partial charge on any atom is -0.339 e. The molecule has 1 saturated carbocycles. The van der Waals surface area contributed by atoms with Gasteiger partial charge in [-0.25, -0.2) is 4.79 Å². The van der Waals surface area contributed by atoms with Gasteiger partial charge in [0.2, 0.25) is 5.91 Å². The topological polar surface area (TPSA) is 73.0 Å². The van der Waals surface area contributed by atoms with Crippen LogP contribution in [-0.2, 0) is 9.59 Å². The maximum Gasteiger partial charge on any atom is 0.325 e. The molecule has 2 heterocycles. The van der Waals surface area contributed by atoms with E-state index in [4.69, 9.17) is 0 Å². The zero-order chi connectivity index (χ0) is 23.6. The molecule has 3 fully saturated rings. The number of hydrogen-bond acceptors (Lipinski definition) is 4. The van der Waals surface area contributed by atoms with Crippen molar-refractivity contribution in [1.29, 1.82) is 0 Å². The molecule has 1 spiro atoms. The van der Waals surface area contributed by atoms with Crippen molar-refractivity contribution in [2.24, 2.45) is 11.3 Å². The van der Waals surface area contributed by atoms with Crippen molar-refractivity contribution in [3.63, 3.8) is 0 Å². The maximum atomic E-state index is 13.3. The first-order valence-corrected chi connectivity index (χ1v) is 12.0. The van der Waals surface area contributed by atoms with Crippen molar-refractivity contribution in [1.82, 2.24) is 20.0 Å².